The van der Waals surface area contributed by atoms with Crippen molar-refractivity contribution in [3.8, 4) is 11.1 Å². The molecule has 0 aliphatic carbocycles. The maximum absolute atomic E-state index is 11.7. The minimum Gasteiger partial charge on any atom is -0.481 e. The van der Waals surface area contributed by atoms with E-state index in [4.69, 9.17) is 5.11 Å². The second kappa shape index (κ2) is 8.63. The molecule has 25 heavy (non-hydrogen) atoms. The molecule has 0 aliphatic heterocycles. The number of benzene rings is 2. The van der Waals surface area contributed by atoms with Crippen molar-refractivity contribution in [3.63, 3.8) is 0 Å². The van der Waals surface area contributed by atoms with Gasteiger partial charge in [0.2, 0.25) is 5.91 Å². The minimum atomic E-state index is -1.17. The summed E-state index contributed by atoms with van der Waals surface area (Å²) in [6.45, 7) is -0.517. The highest BCUT2D eigenvalue weighted by Gasteiger charge is 2.22. The van der Waals surface area contributed by atoms with E-state index in [9.17, 15) is 19.5 Å². The van der Waals surface area contributed by atoms with Crippen LogP contribution >= 0.6 is 0 Å². The van der Waals surface area contributed by atoms with Crippen molar-refractivity contribution in [2.75, 3.05) is 6.54 Å². The summed E-state index contributed by atoms with van der Waals surface area (Å²) < 4.78 is 0. The molecule has 1 amide bonds. The summed E-state index contributed by atoms with van der Waals surface area (Å²) in [5.41, 5.74) is 2.89. The fourth-order valence-electron chi connectivity index (χ4n) is 2.47. The molecule has 6 nitrogen and oxygen atoms in total. The highest BCUT2D eigenvalue weighted by molar-refractivity contribution is 5.85. The van der Waals surface area contributed by atoms with Crippen molar-refractivity contribution in [2.45, 2.75) is 12.8 Å². The molecule has 0 aliphatic rings. The second-order valence-electron chi connectivity index (χ2n) is 5.68. The van der Waals surface area contributed by atoms with Crippen LogP contribution in [0.2, 0.25) is 0 Å². The maximum Gasteiger partial charge on any atom is 0.322 e. The second-order valence-corrected chi connectivity index (χ2v) is 5.68. The Morgan fingerprint density at radius 3 is 2.04 bits per heavy atom. The van der Waals surface area contributed by atoms with Gasteiger partial charge in [0.15, 0.2) is 0 Å². The van der Waals surface area contributed by atoms with Gasteiger partial charge < -0.3 is 15.5 Å². The minimum absolute atomic E-state index is 0.199. The summed E-state index contributed by atoms with van der Waals surface area (Å²) in [5, 5.41) is 20.0. The van der Waals surface area contributed by atoms with Crippen LogP contribution < -0.4 is 5.32 Å². The predicted molar refractivity (Wildman–Crippen MR) is 92.0 cm³/mol. The highest BCUT2D eigenvalue weighted by atomic mass is 16.4. The van der Waals surface area contributed by atoms with Gasteiger partial charge in [-0.05, 0) is 23.1 Å². The van der Waals surface area contributed by atoms with Gasteiger partial charge in [-0.25, -0.2) is 0 Å². The first-order chi connectivity index (χ1) is 12.0. The maximum atomic E-state index is 11.7. The van der Waals surface area contributed by atoms with Crippen molar-refractivity contribution >= 4 is 17.8 Å². The van der Waals surface area contributed by atoms with Gasteiger partial charge in [0.1, 0.15) is 6.54 Å². The third-order valence-electron chi connectivity index (χ3n) is 3.76. The molecule has 3 N–H and O–H groups in total. The number of nitrogens with one attached hydrogen (secondary N) is 1. The topological polar surface area (TPSA) is 104 Å². The number of carboxylic acid groups (broad SMARTS) is 2. The molecule has 1 unspecified atom stereocenters. The van der Waals surface area contributed by atoms with E-state index in [1.54, 1.807) is 0 Å². The lowest BCUT2D eigenvalue weighted by molar-refractivity contribution is -0.144. The molecule has 2 rings (SSSR count). The van der Waals surface area contributed by atoms with Crippen LogP contribution in [0.15, 0.2) is 54.6 Å². The Morgan fingerprint density at radius 2 is 1.48 bits per heavy atom. The van der Waals surface area contributed by atoms with E-state index >= 15 is 0 Å². The van der Waals surface area contributed by atoms with Gasteiger partial charge in [0.05, 0.1) is 5.92 Å². The molecular weight excluding hydrogens is 322 g/mol. The molecule has 0 spiro atoms. The largest absolute Gasteiger partial charge is 0.481 e. The molecule has 0 fully saturated rings. The van der Waals surface area contributed by atoms with E-state index in [0.29, 0.717) is 0 Å². The van der Waals surface area contributed by atoms with Crippen LogP contribution in [0.5, 0.6) is 0 Å². The normalized spacial score (nSPS) is 11.5. The molecular formula is C19H19NO5. The Bertz CT molecular complexity index is 740. The van der Waals surface area contributed by atoms with Gasteiger partial charge >= 0.3 is 11.9 Å². The quantitative estimate of drug-likeness (QED) is 0.683. The first-order valence-corrected chi connectivity index (χ1v) is 7.81. The van der Waals surface area contributed by atoms with E-state index in [1.165, 1.54) is 0 Å². The molecule has 0 saturated carbocycles. The van der Waals surface area contributed by atoms with Crippen molar-refractivity contribution < 1.29 is 24.6 Å². The van der Waals surface area contributed by atoms with Crippen LogP contribution in [0.1, 0.15) is 12.0 Å². The molecule has 0 heterocycles. The van der Waals surface area contributed by atoms with Gasteiger partial charge in [-0.15, -0.1) is 0 Å². The van der Waals surface area contributed by atoms with Crippen LogP contribution in [-0.4, -0.2) is 34.6 Å². The predicted octanol–water partition coefficient (Wildman–Crippen LogP) is 2.19. The average Bonchev–Trinajstić information content (AvgIpc) is 2.60. The summed E-state index contributed by atoms with van der Waals surface area (Å²) in [6.07, 6.45) is -0.0616. The van der Waals surface area contributed by atoms with Crippen molar-refractivity contribution in [2.24, 2.45) is 5.92 Å². The van der Waals surface area contributed by atoms with Gasteiger partial charge in [-0.3, -0.25) is 14.4 Å². The van der Waals surface area contributed by atoms with E-state index < -0.39 is 30.3 Å². The Hall–Kier alpha value is -3.15. The van der Waals surface area contributed by atoms with E-state index in [2.05, 4.69) is 5.32 Å². The van der Waals surface area contributed by atoms with Crippen molar-refractivity contribution in [1.82, 2.24) is 5.32 Å². The standard InChI is InChI=1S/C19H19NO5/c21-17(20-12-18(22)23)11-16(19(24)25)10-13-6-8-15(9-7-13)14-4-2-1-3-5-14/h1-9,16H,10-12H2,(H,20,21)(H,22,23)(H,24,25). The zero-order chi connectivity index (χ0) is 18.2. The lowest BCUT2D eigenvalue weighted by Gasteiger charge is -2.12. The lowest BCUT2D eigenvalue weighted by Crippen LogP contribution is -2.32. The van der Waals surface area contributed by atoms with E-state index in [1.807, 2.05) is 54.6 Å². The molecule has 0 radical (unpaired) electrons. The molecule has 6 heteroatoms. The summed E-state index contributed by atoms with van der Waals surface area (Å²) in [4.78, 5) is 33.5. The Morgan fingerprint density at radius 1 is 0.880 bits per heavy atom. The van der Waals surface area contributed by atoms with Crippen LogP contribution in [0, 0.1) is 5.92 Å². The van der Waals surface area contributed by atoms with Crippen LogP contribution in [0.25, 0.3) is 11.1 Å². The highest BCUT2D eigenvalue weighted by Crippen LogP contribution is 2.21. The van der Waals surface area contributed by atoms with Crippen LogP contribution in [-0.2, 0) is 20.8 Å². The third kappa shape index (κ3) is 5.76. The molecule has 130 valence electrons. The molecule has 0 aromatic heterocycles. The molecule has 2 aromatic carbocycles. The van der Waals surface area contributed by atoms with Crippen molar-refractivity contribution in [3.05, 3.63) is 60.2 Å². The number of hydrogen-bond donors (Lipinski definition) is 3. The number of hydrogen-bond acceptors (Lipinski definition) is 3. The number of aliphatic carboxylic acids is 2. The van der Waals surface area contributed by atoms with E-state index in [0.717, 1.165) is 16.7 Å². The fraction of sp³-hybridized carbons (Fsp3) is 0.211. The SMILES string of the molecule is O=C(O)CNC(=O)CC(Cc1ccc(-c2ccccc2)cc1)C(=O)O. The number of carbonyl (C=O) groups is 3. The molecule has 1 atom stereocenters. The summed E-state index contributed by atoms with van der Waals surface area (Å²) >= 11 is 0. The summed E-state index contributed by atoms with van der Waals surface area (Å²) in [5.74, 6) is -3.75. The van der Waals surface area contributed by atoms with E-state index in [-0.39, 0.29) is 12.8 Å². The first kappa shape index (κ1) is 18.2. The molecule has 0 saturated heterocycles. The Kier molecular flexibility index (Phi) is 6.28. The Balaban J connectivity index is 2.01. The number of amides is 1. The van der Waals surface area contributed by atoms with Gasteiger partial charge in [-0.2, -0.15) is 0 Å². The zero-order valence-corrected chi connectivity index (χ0v) is 13.5. The van der Waals surface area contributed by atoms with Gasteiger partial charge in [0, 0.05) is 6.42 Å². The molecule has 0 bridgehead atoms. The fourth-order valence-corrected chi connectivity index (χ4v) is 2.47. The van der Waals surface area contributed by atoms with Gasteiger partial charge in [0.25, 0.3) is 0 Å². The monoisotopic (exact) mass is 341 g/mol. The third-order valence-corrected chi connectivity index (χ3v) is 3.76. The smallest absolute Gasteiger partial charge is 0.322 e. The first-order valence-electron chi connectivity index (χ1n) is 7.81. The lowest BCUT2D eigenvalue weighted by atomic mass is 9.94. The van der Waals surface area contributed by atoms with Crippen LogP contribution in [0.3, 0.4) is 0 Å². The van der Waals surface area contributed by atoms with Crippen molar-refractivity contribution in [1.29, 1.82) is 0 Å². The summed E-state index contributed by atoms with van der Waals surface area (Å²) in [7, 11) is 0. The Labute approximate surface area is 145 Å². The summed E-state index contributed by atoms with van der Waals surface area (Å²) in [6, 6.07) is 17.3. The van der Waals surface area contributed by atoms with Gasteiger partial charge in [-0.1, -0.05) is 54.6 Å². The van der Waals surface area contributed by atoms with Crippen LogP contribution in [0.4, 0.5) is 0 Å². The number of carboxylic acids is 2. The average molecular weight is 341 g/mol. The molecule has 2 aromatic rings. The number of carbonyl (C=O) groups excluding carboxylic acids is 1. The zero-order valence-electron chi connectivity index (χ0n) is 13.5. The number of rotatable bonds is 8.